The third kappa shape index (κ3) is 3.82. The van der Waals surface area contributed by atoms with E-state index in [2.05, 4.69) is 15.4 Å². The maximum Gasteiger partial charge on any atom is 0.307 e. The first kappa shape index (κ1) is 16.4. The smallest absolute Gasteiger partial charge is 0.307 e. The molecule has 0 spiro atoms. The van der Waals surface area contributed by atoms with Gasteiger partial charge in [-0.1, -0.05) is 12.2 Å². The average Bonchev–Trinajstić information content (AvgIpc) is 2.53. The lowest BCUT2D eigenvalue weighted by Crippen LogP contribution is -2.13. The summed E-state index contributed by atoms with van der Waals surface area (Å²) in [7, 11) is 3.83. The molecule has 9 heteroatoms. The molecule has 0 bridgehead atoms. The summed E-state index contributed by atoms with van der Waals surface area (Å²) in [4.78, 5) is 22.4. The predicted molar refractivity (Wildman–Crippen MR) is 82.3 cm³/mol. The van der Waals surface area contributed by atoms with E-state index in [9.17, 15) is 19.4 Å². The molecule has 0 amide bonds. The third-order valence-electron chi connectivity index (χ3n) is 3.23. The highest BCUT2D eigenvalue weighted by Crippen LogP contribution is 2.34. The van der Waals surface area contributed by atoms with Crippen LogP contribution in [0.15, 0.2) is 51.5 Å². The van der Waals surface area contributed by atoms with Gasteiger partial charge in [0.1, 0.15) is 11.4 Å². The van der Waals surface area contributed by atoms with Crippen molar-refractivity contribution in [3.63, 3.8) is 0 Å². The average molecular weight is 319 g/mol. The van der Waals surface area contributed by atoms with Crippen molar-refractivity contribution < 1.29 is 9.31 Å². The highest BCUT2D eigenvalue weighted by Gasteiger charge is 2.19. The van der Waals surface area contributed by atoms with E-state index in [0.29, 0.717) is 6.42 Å². The number of allylic oxidation sites excluding steroid dienone is 1. The van der Waals surface area contributed by atoms with Gasteiger partial charge in [-0.2, -0.15) is 14.6 Å². The van der Waals surface area contributed by atoms with Gasteiger partial charge in [-0.05, 0) is 17.7 Å². The Morgan fingerprint density at radius 2 is 2.09 bits per heavy atom. The van der Waals surface area contributed by atoms with Crippen LogP contribution in [0.3, 0.4) is 0 Å². The molecule has 8 nitrogen and oxygen atoms in total. The summed E-state index contributed by atoms with van der Waals surface area (Å²) in [6.45, 7) is 0. The molecule has 2 rings (SSSR count). The van der Waals surface area contributed by atoms with E-state index in [0.717, 1.165) is 17.8 Å². The standard InChI is InChI=1S/C14H14FN5O3/c1-19(2)10-5-3-9(4-6-10)16-17-12-7-11(15)14(20(22)23)8-13(12)18-21/h3,5-9H,4H2,1-2H3. The zero-order valence-corrected chi connectivity index (χ0v) is 12.5. The van der Waals surface area contributed by atoms with Gasteiger partial charge in [0.2, 0.25) is 5.82 Å². The minimum atomic E-state index is -1.09. The van der Waals surface area contributed by atoms with Crippen LogP contribution in [0, 0.1) is 20.8 Å². The molecule has 0 saturated carbocycles. The predicted octanol–water partition coefficient (Wildman–Crippen LogP) is 3.99. The van der Waals surface area contributed by atoms with Gasteiger partial charge in [0, 0.05) is 25.9 Å². The summed E-state index contributed by atoms with van der Waals surface area (Å²) >= 11 is 0. The van der Waals surface area contributed by atoms with Crippen LogP contribution in [0.5, 0.6) is 0 Å². The van der Waals surface area contributed by atoms with Crippen molar-refractivity contribution in [2.45, 2.75) is 12.5 Å². The van der Waals surface area contributed by atoms with E-state index in [1.165, 1.54) is 0 Å². The SMILES string of the molecule is CN(C)C1=CCC(N=Nc2cc(F)c([N+](=O)[O-])cc2N=O)C=C1. The number of likely N-dealkylation sites (N-methyl/N-ethyl adjacent to an activating group) is 1. The minimum absolute atomic E-state index is 0.140. The van der Waals surface area contributed by atoms with Crippen molar-refractivity contribution in [1.82, 2.24) is 4.90 Å². The number of hydrogen-bond acceptors (Lipinski definition) is 7. The fourth-order valence-corrected chi connectivity index (χ4v) is 1.98. The molecule has 1 aromatic carbocycles. The molecule has 0 aliphatic heterocycles. The second kappa shape index (κ2) is 6.86. The molecule has 1 unspecified atom stereocenters. The van der Waals surface area contributed by atoms with Crippen molar-refractivity contribution >= 4 is 17.1 Å². The first-order valence-corrected chi connectivity index (χ1v) is 6.70. The zero-order valence-electron chi connectivity index (χ0n) is 12.5. The van der Waals surface area contributed by atoms with Crippen LogP contribution in [0.2, 0.25) is 0 Å². The molecular weight excluding hydrogens is 305 g/mol. The van der Waals surface area contributed by atoms with E-state index in [1.54, 1.807) is 0 Å². The maximum absolute atomic E-state index is 13.6. The van der Waals surface area contributed by atoms with E-state index in [4.69, 9.17) is 0 Å². The first-order valence-electron chi connectivity index (χ1n) is 6.70. The minimum Gasteiger partial charge on any atom is -0.378 e. The van der Waals surface area contributed by atoms with Crippen LogP contribution < -0.4 is 0 Å². The lowest BCUT2D eigenvalue weighted by atomic mass is 10.1. The lowest BCUT2D eigenvalue weighted by Gasteiger charge is -2.18. The molecule has 0 saturated heterocycles. The van der Waals surface area contributed by atoms with Crippen molar-refractivity contribution in [2.24, 2.45) is 15.4 Å². The molecule has 0 heterocycles. The van der Waals surface area contributed by atoms with Gasteiger partial charge in [0.15, 0.2) is 0 Å². The monoisotopic (exact) mass is 319 g/mol. The second-order valence-corrected chi connectivity index (χ2v) is 5.04. The molecule has 1 aliphatic rings. The maximum atomic E-state index is 13.6. The number of nitro groups is 1. The third-order valence-corrected chi connectivity index (χ3v) is 3.23. The number of nitroso groups, excluding NO2 is 1. The highest BCUT2D eigenvalue weighted by molar-refractivity contribution is 5.65. The Morgan fingerprint density at radius 1 is 1.35 bits per heavy atom. The Hall–Kier alpha value is -2.97. The van der Waals surface area contributed by atoms with Gasteiger partial charge in [-0.3, -0.25) is 10.1 Å². The molecule has 1 aromatic rings. The van der Waals surface area contributed by atoms with Crippen LogP contribution >= 0.6 is 0 Å². The Morgan fingerprint density at radius 3 is 2.61 bits per heavy atom. The summed E-state index contributed by atoms with van der Waals surface area (Å²) in [6, 6.07) is 1.28. The molecular formula is C14H14FN5O3. The molecule has 0 fully saturated rings. The van der Waals surface area contributed by atoms with Crippen LogP contribution in [0.25, 0.3) is 0 Å². The molecule has 0 radical (unpaired) electrons. The van der Waals surface area contributed by atoms with E-state index >= 15 is 0 Å². The van der Waals surface area contributed by atoms with Crippen LogP contribution in [0.1, 0.15) is 6.42 Å². The van der Waals surface area contributed by atoms with E-state index in [1.807, 2.05) is 37.2 Å². The van der Waals surface area contributed by atoms with Crippen molar-refractivity contribution in [2.75, 3.05) is 14.1 Å². The molecule has 120 valence electrons. The summed E-state index contributed by atoms with van der Waals surface area (Å²) in [5.41, 5.74) is -0.257. The van der Waals surface area contributed by atoms with Crippen LogP contribution in [-0.2, 0) is 0 Å². The van der Waals surface area contributed by atoms with Crippen LogP contribution in [0.4, 0.5) is 21.5 Å². The number of nitrogens with zero attached hydrogens (tertiary/aromatic N) is 5. The summed E-state index contributed by atoms with van der Waals surface area (Å²) in [5.74, 6) is -1.09. The number of azo groups is 1. The molecule has 1 atom stereocenters. The Kier molecular flexibility index (Phi) is 4.89. The quantitative estimate of drug-likeness (QED) is 0.354. The van der Waals surface area contributed by atoms with E-state index in [-0.39, 0.29) is 17.4 Å². The lowest BCUT2D eigenvalue weighted by molar-refractivity contribution is -0.387. The second-order valence-electron chi connectivity index (χ2n) is 5.04. The number of benzene rings is 1. The topological polar surface area (TPSA) is 101 Å². The molecule has 23 heavy (non-hydrogen) atoms. The Bertz CT molecular complexity index is 727. The largest absolute Gasteiger partial charge is 0.378 e. The van der Waals surface area contributed by atoms with Crippen LogP contribution in [-0.4, -0.2) is 30.0 Å². The zero-order chi connectivity index (χ0) is 17.0. The molecule has 0 aromatic heterocycles. The normalized spacial score (nSPS) is 17.2. The Labute approximate surface area is 131 Å². The molecule has 1 aliphatic carbocycles. The fourth-order valence-electron chi connectivity index (χ4n) is 1.98. The summed E-state index contributed by atoms with van der Waals surface area (Å²) < 4.78 is 13.6. The summed E-state index contributed by atoms with van der Waals surface area (Å²) in [6.07, 6.45) is 6.28. The van der Waals surface area contributed by atoms with Gasteiger partial charge in [-0.15, -0.1) is 4.91 Å². The van der Waals surface area contributed by atoms with Gasteiger partial charge < -0.3 is 4.90 Å². The number of nitro benzene ring substituents is 1. The van der Waals surface area contributed by atoms with Crippen molar-refractivity contribution in [1.29, 1.82) is 0 Å². The number of hydrogen-bond donors (Lipinski definition) is 0. The van der Waals surface area contributed by atoms with Crippen molar-refractivity contribution in [3.8, 4) is 0 Å². The fraction of sp³-hybridized carbons (Fsp3) is 0.286. The Balaban J connectivity index is 2.21. The number of rotatable bonds is 5. The highest BCUT2D eigenvalue weighted by atomic mass is 19.1. The molecule has 0 N–H and O–H groups in total. The van der Waals surface area contributed by atoms with Gasteiger partial charge in [0.25, 0.3) is 0 Å². The number of halogens is 1. The summed E-state index contributed by atoms with van der Waals surface area (Å²) in [5, 5.41) is 21.1. The van der Waals surface area contributed by atoms with Gasteiger partial charge in [0.05, 0.1) is 17.0 Å². The van der Waals surface area contributed by atoms with Crippen molar-refractivity contribution in [3.05, 3.63) is 56.9 Å². The van der Waals surface area contributed by atoms with Gasteiger partial charge in [-0.25, -0.2) is 0 Å². The van der Waals surface area contributed by atoms with E-state index < -0.39 is 16.4 Å². The van der Waals surface area contributed by atoms with Gasteiger partial charge >= 0.3 is 5.69 Å². The first-order chi connectivity index (χ1) is 10.9.